The van der Waals surface area contributed by atoms with Crippen molar-refractivity contribution < 1.29 is 23.1 Å². The van der Waals surface area contributed by atoms with Gasteiger partial charge in [-0.25, -0.2) is 4.39 Å². The van der Waals surface area contributed by atoms with Crippen LogP contribution in [0.4, 0.5) is 8.78 Å². The van der Waals surface area contributed by atoms with Gasteiger partial charge in [0, 0.05) is 5.56 Å². The van der Waals surface area contributed by atoms with Crippen molar-refractivity contribution in [1.29, 1.82) is 0 Å². The first-order valence-corrected chi connectivity index (χ1v) is 5.56. The SMILES string of the molecule is COc1ccc(C(Br)C(=O)CC=O)c(F)c1F. The number of halogens is 3. The molecule has 1 aromatic rings. The molecule has 0 saturated carbocycles. The molecule has 0 radical (unpaired) electrons. The Kier molecular flexibility index (Phi) is 4.74. The van der Waals surface area contributed by atoms with Crippen LogP contribution in [0.25, 0.3) is 0 Å². The zero-order valence-electron chi connectivity index (χ0n) is 8.88. The number of benzene rings is 1. The van der Waals surface area contributed by atoms with Gasteiger partial charge in [-0.2, -0.15) is 4.39 Å². The van der Waals surface area contributed by atoms with Crippen LogP contribution in [0.3, 0.4) is 0 Å². The monoisotopic (exact) mass is 306 g/mol. The summed E-state index contributed by atoms with van der Waals surface area (Å²) in [6, 6.07) is 2.45. The maximum absolute atomic E-state index is 13.6. The Morgan fingerprint density at radius 1 is 1.47 bits per heavy atom. The lowest BCUT2D eigenvalue weighted by Crippen LogP contribution is -2.10. The molecule has 0 bridgehead atoms. The summed E-state index contributed by atoms with van der Waals surface area (Å²) < 4.78 is 31.5. The average molecular weight is 307 g/mol. The number of ketones is 1. The number of hydrogen-bond acceptors (Lipinski definition) is 3. The van der Waals surface area contributed by atoms with Crippen molar-refractivity contribution in [1.82, 2.24) is 0 Å². The van der Waals surface area contributed by atoms with Crippen molar-refractivity contribution in [3.05, 3.63) is 29.3 Å². The molecule has 1 atom stereocenters. The number of Topliss-reactive ketones (excluding diaryl/α,β-unsaturated/α-hetero) is 1. The summed E-state index contributed by atoms with van der Waals surface area (Å²) in [4.78, 5) is 20.5. The zero-order valence-corrected chi connectivity index (χ0v) is 10.5. The fourth-order valence-electron chi connectivity index (χ4n) is 1.26. The van der Waals surface area contributed by atoms with E-state index < -0.39 is 22.2 Å². The van der Waals surface area contributed by atoms with E-state index in [1.165, 1.54) is 19.2 Å². The van der Waals surface area contributed by atoms with E-state index in [1.54, 1.807) is 0 Å². The van der Waals surface area contributed by atoms with Crippen molar-refractivity contribution in [3.8, 4) is 5.75 Å². The third-order valence-electron chi connectivity index (χ3n) is 2.14. The summed E-state index contributed by atoms with van der Waals surface area (Å²) in [7, 11) is 1.21. The number of aldehydes is 1. The second-order valence-electron chi connectivity index (χ2n) is 3.18. The van der Waals surface area contributed by atoms with Crippen molar-refractivity contribution in [2.75, 3.05) is 7.11 Å². The molecule has 6 heteroatoms. The quantitative estimate of drug-likeness (QED) is 0.477. The van der Waals surface area contributed by atoms with E-state index >= 15 is 0 Å². The summed E-state index contributed by atoms with van der Waals surface area (Å²) in [5.41, 5.74) is -0.157. The fourth-order valence-corrected chi connectivity index (χ4v) is 1.80. The molecule has 1 rings (SSSR count). The van der Waals surface area contributed by atoms with Crippen LogP contribution in [-0.4, -0.2) is 19.2 Å². The number of hydrogen-bond donors (Lipinski definition) is 0. The molecule has 0 amide bonds. The fraction of sp³-hybridized carbons (Fsp3) is 0.273. The second kappa shape index (κ2) is 5.86. The highest BCUT2D eigenvalue weighted by atomic mass is 79.9. The molecule has 0 spiro atoms. The molecule has 0 aliphatic heterocycles. The Morgan fingerprint density at radius 3 is 2.65 bits per heavy atom. The zero-order chi connectivity index (χ0) is 13.0. The van der Waals surface area contributed by atoms with E-state index in [0.717, 1.165) is 0 Å². The van der Waals surface area contributed by atoms with Crippen molar-refractivity contribution in [2.45, 2.75) is 11.2 Å². The molecule has 0 aliphatic rings. The molecule has 0 aliphatic carbocycles. The lowest BCUT2D eigenvalue weighted by atomic mass is 10.1. The molecule has 1 unspecified atom stereocenters. The predicted molar refractivity (Wildman–Crippen MR) is 60.3 cm³/mol. The minimum absolute atomic E-state index is 0.157. The number of carbonyl (C=O) groups is 2. The number of methoxy groups -OCH3 is 1. The number of carbonyl (C=O) groups excluding carboxylic acids is 2. The second-order valence-corrected chi connectivity index (χ2v) is 4.10. The van der Waals surface area contributed by atoms with Crippen LogP contribution < -0.4 is 4.74 Å². The van der Waals surface area contributed by atoms with Crippen molar-refractivity contribution >= 4 is 28.0 Å². The maximum Gasteiger partial charge on any atom is 0.200 e. The molecule has 0 heterocycles. The first kappa shape index (κ1) is 13.8. The molecule has 0 saturated heterocycles. The van der Waals surface area contributed by atoms with Crippen LogP contribution >= 0.6 is 15.9 Å². The standard InChI is InChI=1S/C11H9BrF2O3/c1-17-8-3-2-6(10(13)11(8)14)9(12)7(16)4-5-15/h2-3,5,9H,4H2,1H3. The van der Waals surface area contributed by atoms with Crippen molar-refractivity contribution in [3.63, 3.8) is 0 Å². The highest BCUT2D eigenvalue weighted by Gasteiger charge is 2.23. The van der Waals surface area contributed by atoms with Crippen LogP contribution in [-0.2, 0) is 9.59 Å². The molecule has 92 valence electrons. The Morgan fingerprint density at radius 2 is 2.12 bits per heavy atom. The highest BCUT2D eigenvalue weighted by molar-refractivity contribution is 9.09. The van der Waals surface area contributed by atoms with Crippen molar-refractivity contribution in [2.24, 2.45) is 0 Å². The minimum atomic E-state index is -1.16. The third-order valence-corrected chi connectivity index (χ3v) is 3.14. The van der Waals surface area contributed by atoms with Gasteiger partial charge in [0.05, 0.1) is 13.5 Å². The normalized spacial score (nSPS) is 12.0. The minimum Gasteiger partial charge on any atom is -0.494 e. The van der Waals surface area contributed by atoms with Gasteiger partial charge in [-0.05, 0) is 6.07 Å². The van der Waals surface area contributed by atoms with E-state index in [1.807, 2.05) is 0 Å². The Hall–Kier alpha value is -1.30. The molecule has 0 N–H and O–H groups in total. The first-order chi connectivity index (χ1) is 8.02. The summed E-state index contributed by atoms with van der Waals surface area (Å²) in [5.74, 6) is -3.10. The van der Waals surface area contributed by atoms with Gasteiger partial charge in [0.15, 0.2) is 17.3 Å². The summed E-state index contributed by atoms with van der Waals surface area (Å²) >= 11 is 2.93. The number of alkyl halides is 1. The number of ether oxygens (including phenoxy) is 1. The molecule has 3 nitrogen and oxygen atoms in total. The molecule has 17 heavy (non-hydrogen) atoms. The van der Waals surface area contributed by atoms with Crippen LogP contribution in [0.2, 0.25) is 0 Å². The van der Waals surface area contributed by atoms with Gasteiger partial charge in [-0.1, -0.05) is 22.0 Å². The van der Waals surface area contributed by atoms with Gasteiger partial charge in [0.1, 0.15) is 11.1 Å². The van der Waals surface area contributed by atoms with Gasteiger partial charge in [0.2, 0.25) is 5.82 Å². The Labute approximate surface area is 105 Å². The van der Waals surface area contributed by atoms with E-state index in [4.69, 9.17) is 0 Å². The van der Waals surface area contributed by atoms with Gasteiger partial charge < -0.3 is 9.53 Å². The lowest BCUT2D eigenvalue weighted by molar-refractivity contribution is -0.121. The third kappa shape index (κ3) is 2.88. The van der Waals surface area contributed by atoms with Crippen LogP contribution in [0.15, 0.2) is 12.1 Å². The van der Waals surface area contributed by atoms with Gasteiger partial charge >= 0.3 is 0 Å². The maximum atomic E-state index is 13.6. The highest BCUT2D eigenvalue weighted by Crippen LogP contribution is 2.31. The van der Waals surface area contributed by atoms with E-state index in [9.17, 15) is 18.4 Å². The summed E-state index contributed by atoms with van der Waals surface area (Å²) in [6.07, 6.45) is 0.0530. The molecule has 0 aromatic heterocycles. The van der Waals surface area contributed by atoms with Gasteiger partial charge in [0.25, 0.3) is 0 Å². The van der Waals surface area contributed by atoms with E-state index in [0.29, 0.717) is 6.29 Å². The van der Waals surface area contributed by atoms with E-state index in [-0.39, 0.29) is 17.7 Å². The molecular formula is C11H9BrF2O3. The lowest BCUT2D eigenvalue weighted by Gasteiger charge is -2.11. The average Bonchev–Trinajstić information content (AvgIpc) is 2.32. The molecular weight excluding hydrogens is 298 g/mol. The molecule has 0 fully saturated rings. The van der Waals surface area contributed by atoms with Gasteiger partial charge in [-0.3, -0.25) is 4.79 Å². The Bertz CT molecular complexity index is 449. The van der Waals surface area contributed by atoms with Crippen LogP contribution in [0.5, 0.6) is 5.75 Å². The van der Waals surface area contributed by atoms with Crippen LogP contribution in [0, 0.1) is 11.6 Å². The number of rotatable bonds is 5. The van der Waals surface area contributed by atoms with E-state index in [2.05, 4.69) is 20.7 Å². The topological polar surface area (TPSA) is 43.4 Å². The summed E-state index contributed by atoms with van der Waals surface area (Å²) in [6.45, 7) is 0. The van der Waals surface area contributed by atoms with Gasteiger partial charge in [-0.15, -0.1) is 0 Å². The largest absolute Gasteiger partial charge is 0.494 e. The summed E-state index contributed by atoms with van der Waals surface area (Å²) in [5, 5.41) is 0. The molecule has 1 aromatic carbocycles. The predicted octanol–water partition coefficient (Wildman–Crippen LogP) is 2.57. The first-order valence-electron chi connectivity index (χ1n) is 4.65. The van der Waals surface area contributed by atoms with Crippen LogP contribution in [0.1, 0.15) is 16.8 Å². The smallest absolute Gasteiger partial charge is 0.200 e. The Balaban J connectivity index is 3.11.